The number of carbonyl (C=O) groups excluding carboxylic acids is 2. The van der Waals surface area contributed by atoms with Crippen LogP contribution < -0.4 is 10.8 Å². The fourth-order valence-corrected chi connectivity index (χ4v) is 5.48. The van der Waals surface area contributed by atoms with E-state index in [0.29, 0.717) is 18.5 Å². The van der Waals surface area contributed by atoms with Gasteiger partial charge in [-0.25, -0.2) is 15.3 Å². The predicted octanol–water partition coefficient (Wildman–Crippen LogP) is 6.02. The Balaban J connectivity index is 1.37. The van der Waals surface area contributed by atoms with Crippen molar-refractivity contribution in [1.82, 2.24) is 20.3 Å². The van der Waals surface area contributed by atoms with Crippen LogP contribution in [-0.2, 0) is 35.6 Å². The summed E-state index contributed by atoms with van der Waals surface area (Å²) in [4.78, 5) is 48.4. The molecule has 0 aliphatic heterocycles. The standard InChI is InChI=1S/C37H38N4O5/c1-3-10-33-39-35-25(2)19-30(21-32(35)41(33)23-27-15-17-29(18-16-27)37(44)45)36(43)38-31(20-26-11-6-4-7-12-26)22-34(42)40-46-24-28-13-8-5-9-14-28/h4-9,11-19,21,31H,3,10,20,22-24H2,1-2H3,(H,38,43)(H,40,42)(H,44,45)/t31-/m1/s1. The molecule has 9 heteroatoms. The third-order valence-corrected chi connectivity index (χ3v) is 7.76. The van der Waals surface area contributed by atoms with Crippen LogP contribution in [0, 0.1) is 6.92 Å². The van der Waals surface area contributed by atoms with Crippen LogP contribution in [0.5, 0.6) is 0 Å². The van der Waals surface area contributed by atoms with E-state index < -0.39 is 12.0 Å². The molecule has 1 aromatic heterocycles. The molecule has 2 amide bonds. The highest BCUT2D eigenvalue weighted by Crippen LogP contribution is 2.25. The number of nitrogens with zero attached hydrogens (tertiary/aromatic N) is 2. The third kappa shape index (κ3) is 8.25. The van der Waals surface area contributed by atoms with Crippen LogP contribution in [0.4, 0.5) is 0 Å². The fourth-order valence-electron chi connectivity index (χ4n) is 5.48. The summed E-state index contributed by atoms with van der Waals surface area (Å²) in [5.74, 6) is -0.700. The molecule has 5 rings (SSSR count). The summed E-state index contributed by atoms with van der Waals surface area (Å²) < 4.78 is 2.09. The third-order valence-electron chi connectivity index (χ3n) is 7.76. The summed E-state index contributed by atoms with van der Waals surface area (Å²) in [6.07, 6.45) is 2.14. The SMILES string of the molecule is CCCc1nc2c(C)cc(C(=O)N[C@@H](CC(=O)NOCc3ccccc3)Cc3ccccc3)cc2n1Cc1ccc(C(=O)O)cc1. The van der Waals surface area contributed by atoms with Crippen molar-refractivity contribution in [3.8, 4) is 0 Å². The molecular formula is C37H38N4O5. The van der Waals surface area contributed by atoms with Crippen molar-refractivity contribution in [1.29, 1.82) is 0 Å². The van der Waals surface area contributed by atoms with Gasteiger partial charge in [0.25, 0.3) is 5.91 Å². The van der Waals surface area contributed by atoms with Crippen molar-refractivity contribution in [2.75, 3.05) is 0 Å². The van der Waals surface area contributed by atoms with Crippen LogP contribution >= 0.6 is 0 Å². The number of carbonyl (C=O) groups is 3. The molecule has 5 aromatic rings. The van der Waals surface area contributed by atoms with Crippen LogP contribution in [0.1, 0.15) is 68.6 Å². The zero-order valence-corrected chi connectivity index (χ0v) is 26.0. The highest BCUT2D eigenvalue weighted by molar-refractivity contribution is 5.99. The molecule has 236 valence electrons. The average Bonchev–Trinajstić information content (AvgIpc) is 3.39. The maximum Gasteiger partial charge on any atom is 0.335 e. The molecule has 0 saturated heterocycles. The smallest absolute Gasteiger partial charge is 0.335 e. The number of nitrogens with one attached hydrogen (secondary N) is 2. The number of hydrogen-bond donors (Lipinski definition) is 3. The molecule has 0 radical (unpaired) electrons. The molecule has 3 N–H and O–H groups in total. The summed E-state index contributed by atoms with van der Waals surface area (Å²) in [5, 5.41) is 12.4. The molecule has 0 bridgehead atoms. The van der Waals surface area contributed by atoms with Gasteiger partial charge in [0.2, 0.25) is 5.91 Å². The van der Waals surface area contributed by atoms with Gasteiger partial charge in [0.1, 0.15) is 5.82 Å². The minimum Gasteiger partial charge on any atom is -0.478 e. The summed E-state index contributed by atoms with van der Waals surface area (Å²) in [7, 11) is 0. The molecule has 0 fully saturated rings. The number of aromatic nitrogens is 2. The molecule has 1 atom stereocenters. The Kier molecular flexibility index (Phi) is 10.6. The topological polar surface area (TPSA) is 123 Å². The Morgan fingerprint density at radius 2 is 1.54 bits per heavy atom. The maximum atomic E-state index is 13.8. The average molecular weight is 619 g/mol. The first-order valence-electron chi connectivity index (χ1n) is 15.4. The Morgan fingerprint density at radius 1 is 0.870 bits per heavy atom. The van der Waals surface area contributed by atoms with Crippen LogP contribution in [0.15, 0.2) is 97.1 Å². The molecule has 46 heavy (non-hydrogen) atoms. The van der Waals surface area contributed by atoms with Gasteiger partial charge in [0.05, 0.1) is 23.2 Å². The van der Waals surface area contributed by atoms with Crippen molar-refractivity contribution >= 4 is 28.8 Å². The van der Waals surface area contributed by atoms with Crippen LogP contribution in [0.3, 0.4) is 0 Å². The summed E-state index contributed by atoms with van der Waals surface area (Å²) in [6, 6.07) is 29.2. The van der Waals surface area contributed by atoms with E-state index >= 15 is 0 Å². The lowest BCUT2D eigenvalue weighted by Gasteiger charge is -2.19. The normalized spacial score (nSPS) is 11.7. The minimum atomic E-state index is -0.972. The number of rotatable bonds is 14. The van der Waals surface area contributed by atoms with E-state index in [2.05, 4.69) is 22.3 Å². The van der Waals surface area contributed by atoms with Gasteiger partial charge in [-0.05, 0) is 66.3 Å². The lowest BCUT2D eigenvalue weighted by molar-refractivity contribution is -0.135. The second-order valence-electron chi connectivity index (χ2n) is 11.4. The minimum absolute atomic E-state index is 0.0293. The second-order valence-corrected chi connectivity index (χ2v) is 11.4. The van der Waals surface area contributed by atoms with E-state index in [1.807, 2.05) is 79.7 Å². The van der Waals surface area contributed by atoms with Gasteiger partial charge in [-0.3, -0.25) is 14.4 Å². The van der Waals surface area contributed by atoms with E-state index in [-0.39, 0.29) is 30.4 Å². The Labute approximate surface area is 268 Å². The molecule has 0 aliphatic carbocycles. The Bertz CT molecular complexity index is 1800. The number of hydrogen-bond acceptors (Lipinski definition) is 5. The monoisotopic (exact) mass is 618 g/mol. The summed E-state index contributed by atoms with van der Waals surface area (Å²) in [6.45, 7) is 4.74. The predicted molar refractivity (Wildman–Crippen MR) is 176 cm³/mol. The molecule has 0 aliphatic rings. The summed E-state index contributed by atoms with van der Waals surface area (Å²) >= 11 is 0. The number of aryl methyl sites for hydroxylation is 2. The first-order valence-corrected chi connectivity index (χ1v) is 15.4. The first kappa shape index (κ1) is 32.1. The molecule has 1 heterocycles. The molecule has 0 unspecified atom stereocenters. The van der Waals surface area contributed by atoms with Gasteiger partial charge in [0.15, 0.2) is 0 Å². The lowest BCUT2D eigenvalue weighted by atomic mass is 10.0. The zero-order valence-electron chi connectivity index (χ0n) is 26.0. The van der Waals surface area contributed by atoms with Gasteiger partial charge in [-0.1, -0.05) is 79.7 Å². The van der Waals surface area contributed by atoms with Crippen molar-refractivity contribution in [2.45, 2.75) is 58.7 Å². The van der Waals surface area contributed by atoms with Crippen LogP contribution in [0.2, 0.25) is 0 Å². The highest BCUT2D eigenvalue weighted by atomic mass is 16.6. The van der Waals surface area contributed by atoms with Crippen LogP contribution in [0.25, 0.3) is 11.0 Å². The molecule has 0 spiro atoms. The van der Waals surface area contributed by atoms with Crippen LogP contribution in [-0.4, -0.2) is 38.5 Å². The van der Waals surface area contributed by atoms with E-state index in [4.69, 9.17) is 9.82 Å². The Hall–Kier alpha value is -5.28. The number of fused-ring (bicyclic) bond motifs is 1. The molecule has 9 nitrogen and oxygen atoms in total. The summed E-state index contributed by atoms with van der Waals surface area (Å²) in [5.41, 5.74) is 8.57. The number of benzene rings is 4. The Morgan fingerprint density at radius 3 is 2.20 bits per heavy atom. The molecular weight excluding hydrogens is 580 g/mol. The number of amides is 2. The number of carboxylic acids is 1. The van der Waals surface area contributed by atoms with Crippen molar-refractivity contribution in [3.05, 3.63) is 136 Å². The first-order chi connectivity index (χ1) is 22.3. The number of carboxylic acid groups (broad SMARTS) is 1. The highest BCUT2D eigenvalue weighted by Gasteiger charge is 2.21. The van der Waals surface area contributed by atoms with Crippen molar-refractivity contribution < 1.29 is 24.3 Å². The van der Waals surface area contributed by atoms with E-state index in [1.54, 1.807) is 24.3 Å². The van der Waals surface area contributed by atoms with Gasteiger partial charge < -0.3 is 15.0 Å². The number of imidazole rings is 1. The van der Waals surface area contributed by atoms with Crippen molar-refractivity contribution in [2.24, 2.45) is 0 Å². The van der Waals surface area contributed by atoms with E-state index in [1.165, 1.54) is 0 Å². The lowest BCUT2D eigenvalue weighted by Crippen LogP contribution is -2.40. The van der Waals surface area contributed by atoms with Gasteiger partial charge in [-0.15, -0.1) is 0 Å². The molecule has 0 saturated carbocycles. The number of aromatic carboxylic acids is 1. The van der Waals surface area contributed by atoms with Gasteiger partial charge in [-0.2, -0.15) is 0 Å². The van der Waals surface area contributed by atoms with Crippen molar-refractivity contribution in [3.63, 3.8) is 0 Å². The quantitative estimate of drug-likeness (QED) is 0.131. The van der Waals surface area contributed by atoms with Gasteiger partial charge >= 0.3 is 5.97 Å². The molecule has 4 aromatic carbocycles. The van der Waals surface area contributed by atoms with E-state index in [0.717, 1.165) is 52.0 Å². The number of hydroxylamine groups is 1. The zero-order chi connectivity index (χ0) is 32.5. The second kappa shape index (κ2) is 15.1. The maximum absolute atomic E-state index is 13.8. The largest absolute Gasteiger partial charge is 0.478 e. The fraction of sp³-hybridized carbons (Fsp3) is 0.243. The van der Waals surface area contributed by atoms with E-state index in [9.17, 15) is 19.5 Å². The van der Waals surface area contributed by atoms with Gasteiger partial charge in [0, 0.05) is 31.0 Å².